The summed E-state index contributed by atoms with van der Waals surface area (Å²) in [6, 6.07) is 13.6. The molecule has 4 heteroatoms. The van der Waals surface area contributed by atoms with Crippen LogP contribution in [0.1, 0.15) is 17.5 Å². The molecule has 1 nitrogen and oxygen atoms in total. The molecule has 0 saturated heterocycles. The van der Waals surface area contributed by atoms with Crippen molar-refractivity contribution in [3.05, 3.63) is 69.0 Å². The largest absolute Gasteiger partial charge is 1.00 e. The van der Waals surface area contributed by atoms with Crippen LogP contribution in [0.3, 0.4) is 0 Å². The maximum absolute atomic E-state index is 2.35. The van der Waals surface area contributed by atoms with Crippen LogP contribution >= 0.6 is 0 Å². The first-order chi connectivity index (χ1) is 10.7. The maximum Gasteiger partial charge on any atom is -1.00 e. The molecule has 0 spiro atoms. The van der Waals surface area contributed by atoms with Gasteiger partial charge in [0.25, 0.3) is 0 Å². The van der Waals surface area contributed by atoms with Crippen LogP contribution < -0.4 is 33.0 Å². The Hall–Kier alpha value is -0.817. The first kappa shape index (κ1) is 19.5. The molecular weight excluding hydrogens is 416 g/mol. The van der Waals surface area contributed by atoms with Crippen molar-refractivity contribution in [1.29, 1.82) is 0 Å². The predicted molar refractivity (Wildman–Crippen MR) is 90.5 cm³/mol. The van der Waals surface area contributed by atoms with Gasteiger partial charge in [-0.3, -0.25) is 0 Å². The minimum atomic E-state index is -0.712. The first-order valence-corrected chi connectivity index (χ1v) is 10.2. The van der Waals surface area contributed by atoms with E-state index >= 15 is 0 Å². The molecule has 122 valence electrons. The van der Waals surface area contributed by atoms with Crippen molar-refractivity contribution in [2.45, 2.75) is 12.8 Å². The molecule has 2 aliphatic rings. The Kier molecular flexibility index (Phi) is 6.54. The molecule has 0 fully saturated rings. The van der Waals surface area contributed by atoms with E-state index in [2.05, 4.69) is 73.6 Å². The average molecular weight is 436 g/mol. The Morgan fingerprint density at radius 2 is 1.75 bits per heavy atom. The van der Waals surface area contributed by atoms with E-state index in [9.17, 15) is 0 Å². The molecule has 0 radical (unpaired) electrons. The smallest absolute Gasteiger partial charge is 1.00 e. The first-order valence-electron chi connectivity index (χ1n) is 7.78. The zero-order chi connectivity index (χ0) is 15.1. The van der Waals surface area contributed by atoms with Crippen LogP contribution in [0.15, 0.2) is 57.9 Å². The Morgan fingerprint density at radius 3 is 2.46 bits per heavy atom. The van der Waals surface area contributed by atoms with E-state index in [0.29, 0.717) is 0 Å². The number of hydrogen-bond acceptors (Lipinski definition) is 1. The van der Waals surface area contributed by atoms with Crippen molar-refractivity contribution in [1.82, 2.24) is 0 Å². The van der Waals surface area contributed by atoms with Crippen molar-refractivity contribution in [2.24, 2.45) is 0 Å². The zero-order valence-corrected chi connectivity index (χ0v) is 17.8. The summed E-state index contributed by atoms with van der Waals surface area (Å²) >= 11 is -0.712. The number of halogens is 2. The second-order valence-electron chi connectivity index (χ2n) is 6.16. The number of benzene rings is 2. The van der Waals surface area contributed by atoms with Gasteiger partial charge in [-0.15, -0.1) is 0 Å². The summed E-state index contributed by atoms with van der Waals surface area (Å²) in [4.78, 5) is 2.29. The number of hydrogen-bond donors (Lipinski definition) is 0. The van der Waals surface area contributed by atoms with Crippen molar-refractivity contribution >= 4 is 8.96 Å². The summed E-state index contributed by atoms with van der Waals surface area (Å²) in [7, 11) is 4.35. The Labute approximate surface area is 168 Å². The molecule has 2 aromatic rings. The van der Waals surface area contributed by atoms with Crippen LogP contribution in [0.5, 0.6) is 0 Å². The second-order valence-corrected chi connectivity index (χ2v) is 9.59. The normalized spacial score (nSPS) is 13.2. The van der Waals surface area contributed by atoms with E-state index in [-0.39, 0.29) is 24.8 Å². The van der Waals surface area contributed by atoms with Gasteiger partial charge in [-0.2, -0.15) is 0 Å². The van der Waals surface area contributed by atoms with Gasteiger partial charge in [0.05, 0.1) is 0 Å². The second kappa shape index (κ2) is 8.04. The molecule has 0 N–H and O–H groups in total. The fourth-order valence-corrected chi connectivity index (χ4v) is 7.17. The van der Waals surface area contributed by atoms with Gasteiger partial charge in [0.1, 0.15) is 0 Å². The summed E-state index contributed by atoms with van der Waals surface area (Å²) < 4.78 is 3.37. The third kappa shape index (κ3) is 3.43. The number of allylic oxidation sites excluding steroid dienone is 4. The van der Waals surface area contributed by atoms with E-state index in [1.807, 2.05) is 0 Å². The SMILES string of the molecule is CN(C)c1ccc2c([c]1[Zr+2][C]1=CC=CC1)Cc1ccccc1-2.[Cl-].[Cl-]. The molecule has 0 unspecified atom stereocenters. The van der Waals surface area contributed by atoms with Gasteiger partial charge >= 0.3 is 144 Å². The standard InChI is InChI=1S/C15H14N.C5H5.2ClH.Zr/c1-16(2)13-7-8-15-12(10-13)9-11-5-3-4-6-14(11)15;1-2-4-5-3-1;;;/h3-8H,9H2,1-2H3;1-3H,4H2;2*1H;/q;;;;+2/p-2. The minimum Gasteiger partial charge on any atom is -1.00 e. The van der Waals surface area contributed by atoms with E-state index < -0.39 is 23.2 Å². The third-order valence-corrected chi connectivity index (χ3v) is 8.19. The topological polar surface area (TPSA) is 3.24 Å². The molecule has 2 aliphatic carbocycles. The molecular formula is C20H19Cl2NZr. The summed E-state index contributed by atoms with van der Waals surface area (Å²) in [6.45, 7) is 0. The van der Waals surface area contributed by atoms with E-state index in [1.165, 1.54) is 28.8 Å². The Balaban J connectivity index is 0.00000104. The predicted octanol–water partition coefficient (Wildman–Crippen LogP) is -2.12. The maximum atomic E-state index is 2.35. The fraction of sp³-hybridized carbons (Fsp3) is 0.200. The number of anilines is 1. The van der Waals surface area contributed by atoms with E-state index in [1.54, 1.807) is 12.1 Å². The molecule has 0 amide bonds. The van der Waals surface area contributed by atoms with Crippen LogP contribution in [-0.4, -0.2) is 14.1 Å². The zero-order valence-electron chi connectivity index (χ0n) is 13.8. The van der Waals surface area contributed by atoms with Gasteiger partial charge in [-0.1, -0.05) is 0 Å². The molecule has 0 saturated carbocycles. The van der Waals surface area contributed by atoms with Gasteiger partial charge in [0.15, 0.2) is 0 Å². The van der Waals surface area contributed by atoms with Gasteiger partial charge in [0, 0.05) is 0 Å². The van der Waals surface area contributed by atoms with Gasteiger partial charge < -0.3 is 24.8 Å². The van der Waals surface area contributed by atoms with E-state index in [4.69, 9.17) is 0 Å². The van der Waals surface area contributed by atoms with Crippen LogP contribution in [0.2, 0.25) is 0 Å². The summed E-state index contributed by atoms with van der Waals surface area (Å²) in [6.07, 6.45) is 9.17. The van der Waals surface area contributed by atoms with Gasteiger partial charge in [-0.05, 0) is 0 Å². The molecule has 0 aromatic heterocycles. The van der Waals surface area contributed by atoms with E-state index in [0.717, 1.165) is 6.42 Å². The van der Waals surface area contributed by atoms with Crippen molar-refractivity contribution in [3.63, 3.8) is 0 Å². The molecule has 0 aliphatic heterocycles. The van der Waals surface area contributed by atoms with Crippen molar-refractivity contribution in [2.75, 3.05) is 19.0 Å². The van der Waals surface area contributed by atoms with Crippen LogP contribution in [0, 0.1) is 0 Å². The van der Waals surface area contributed by atoms with Crippen molar-refractivity contribution < 1.29 is 48.0 Å². The summed E-state index contributed by atoms with van der Waals surface area (Å²) in [5.41, 5.74) is 7.45. The molecule has 2 aromatic carbocycles. The summed E-state index contributed by atoms with van der Waals surface area (Å²) in [5, 5.41) is 0. The minimum absolute atomic E-state index is 0. The molecule has 0 atom stereocenters. The third-order valence-electron chi connectivity index (χ3n) is 4.50. The molecule has 0 bridgehead atoms. The molecule has 24 heavy (non-hydrogen) atoms. The Morgan fingerprint density at radius 1 is 0.958 bits per heavy atom. The monoisotopic (exact) mass is 433 g/mol. The van der Waals surface area contributed by atoms with Crippen LogP contribution in [0.4, 0.5) is 5.69 Å². The van der Waals surface area contributed by atoms with Crippen molar-refractivity contribution in [3.8, 4) is 11.1 Å². The summed E-state index contributed by atoms with van der Waals surface area (Å²) in [5.74, 6) is 0. The van der Waals surface area contributed by atoms with Gasteiger partial charge in [-0.25, -0.2) is 0 Å². The average Bonchev–Trinajstić information content (AvgIpc) is 3.14. The molecule has 4 rings (SSSR count). The van der Waals surface area contributed by atoms with Crippen LogP contribution in [0.25, 0.3) is 11.1 Å². The number of fused-ring (bicyclic) bond motifs is 3. The van der Waals surface area contributed by atoms with Crippen LogP contribution in [-0.2, 0) is 29.7 Å². The fourth-order valence-electron chi connectivity index (χ4n) is 3.41. The quantitative estimate of drug-likeness (QED) is 0.455. The van der Waals surface area contributed by atoms with Gasteiger partial charge in [0.2, 0.25) is 0 Å². The number of nitrogens with zero attached hydrogens (tertiary/aromatic N) is 1. The number of rotatable bonds is 3. The molecule has 0 heterocycles. The Bertz CT molecular complexity index is 809.